The Hall–Kier alpha value is -4.06. The van der Waals surface area contributed by atoms with Gasteiger partial charge >= 0.3 is 6.16 Å². The SMILES string of the molecule is C=C(C)C(=C)OCCCc1cc(-c2ccc(-c3ccc(CCCCCCC)cc3)cc2F)ccc1OCC1(CC)COC(=O)OC1. The van der Waals surface area contributed by atoms with Gasteiger partial charge in [-0.05, 0) is 90.6 Å². The smallest absolute Gasteiger partial charge is 0.494 e. The van der Waals surface area contributed by atoms with Crippen LogP contribution in [0, 0.1) is 11.2 Å². The van der Waals surface area contributed by atoms with Gasteiger partial charge in [0.15, 0.2) is 0 Å². The zero-order valence-electron chi connectivity index (χ0n) is 27.8. The lowest BCUT2D eigenvalue weighted by molar-refractivity contribution is -0.0776. The number of benzene rings is 3. The zero-order valence-corrected chi connectivity index (χ0v) is 27.8. The van der Waals surface area contributed by atoms with E-state index in [1.54, 1.807) is 6.07 Å². The van der Waals surface area contributed by atoms with E-state index in [9.17, 15) is 4.79 Å². The highest BCUT2D eigenvalue weighted by molar-refractivity contribution is 5.72. The molecule has 1 fully saturated rings. The van der Waals surface area contributed by atoms with Crippen LogP contribution in [0.25, 0.3) is 22.3 Å². The third kappa shape index (κ3) is 9.72. The van der Waals surface area contributed by atoms with Gasteiger partial charge in [-0.2, -0.15) is 0 Å². The van der Waals surface area contributed by atoms with E-state index in [0.29, 0.717) is 43.1 Å². The number of carbonyl (C=O) groups is 1. The van der Waals surface area contributed by atoms with Crippen LogP contribution in [0.1, 0.15) is 76.8 Å². The van der Waals surface area contributed by atoms with Gasteiger partial charge < -0.3 is 18.9 Å². The van der Waals surface area contributed by atoms with Gasteiger partial charge in [0, 0.05) is 5.56 Å². The van der Waals surface area contributed by atoms with Crippen LogP contribution in [-0.2, 0) is 27.1 Å². The minimum atomic E-state index is -0.649. The van der Waals surface area contributed by atoms with Crippen molar-refractivity contribution in [3.8, 4) is 28.0 Å². The Kier molecular flexibility index (Phi) is 12.9. The van der Waals surface area contributed by atoms with Crippen LogP contribution in [-0.4, -0.2) is 32.6 Å². The Morgan fingerprint density at radius 1 is 0.848 bits per heavy atom. The Balaban J connectivity index is 1.49. The Morgan fingerprint density at radius 3 is 2.22 bits per heavy atom. The van der Waals surface area contributed by atoms with Crippen LogP contribution in [0.4, 0.5) is 9.18 Å². The fourth-order valence-corrected chi connectivity index (χ4v) is 5.52. The van der Waals surface area contributed by atoms with E-state index in [0.717, 1.165) is 40.7 Å². The van der Waals surface area contributed by atoms with Crippen LogP contribution in [0.2, 0.25) is 0 Å². The second-order valence-corrected chi connectivity index (χ2v) is 12.5. The standard InChI is InChI=1S/C40H49FO5/c1-6-8-9-10-11-13-31-15-17-32(18-16-31)33-19-21-36(37(41)25-33)34-20-22-38(35(24-34)14-12-23-43-30(5)29(3)4)44-26-40(7-2)27-45-39(42)46-28-40/h15-22,24-25H,3,5-14,23,26-28H2,1-2,4H3. The van der Waals surface area contributed by atoms with Crippen molar-refractivity contribution >= 4 is 6.16 Å². The molecule has 1 aliphatic rings. The molecule has 1 heterocycles. The normalized spacial score (nSPS) is 13.9. The number of halogens is 1. The molecule has 0 amide bonds. The summed E-state index contributed by atoms with van der Waals surface area (Å²) in [6.45, 7) is 15.2. The van der Waals surface area contributed by atoms with Gasteiger partial charge in [-0.1, -0.05) is 95.2 Å². The monoisotopic (exact) mass is 628 g/mol. The Morgan fingerprint density at radius 2 is 1.54 bits per heavy atom. The number of aryl methyl sites for hydroxylation is 2. The number of hydrogen-bond acceptors (Lipinski definition) is 5. The molecule has 0 spiro atoms. The fraction of sp³-hybridized carbons (Fsp3) is 0.425. The van der Waals surface area contributed by atoms with E-state index in [1.807, 2.05) is 44.2 Å². The molecule has 0 bridgehead atoms. The number of allylic oxidation sites excluding steroid dienone is 1. The summed E-state index contributed by atoms with van der Waals surface area (Å²) in [4.78, 5) is 11.5. The summed E-state index contributed by atoms with van der Waals surface area (Å²) in [5.74, 6) is 1.00. The molecule has 0 unspecified atom stereocenters. The summed E-state index contributed by atoms with van der Waals surface area (Å²) in [7, 11) is 0. The van der Waals surface area contributed by atoms with Crippen LogP contribution in [0.15, 0.2) is 85.2 Å². The van der Waals surface area contributed by atoms with E-state index >= 15 is 4.39 Å². The van der Waals surface area contributed by atoms with Crippen LogP contribution < -0.4 is 4.74 Å². The highest BCUT2D eigenvalue weighted by Crippen LogP contribution is 2.34. The first-order valence-corrected chi connectivity index (χ1v) is 16.7. The lowest BCUT2D eigenvalue weighted by atomic mass is 9.87. The van der Waals surface area contributed by atoms with Crippen molar-refractivity contribution < 1.29 is 28.1 Å². The third-order valence-electron chi connectivity index (χ3n) is 8.82. The predicted octanol–water partition coefficient (Wildman–Crippen LogP) is 10.7. The van der Waals surface area contributed by atoms with Crippen molar-refractivity contribution in [2.45, 2.75) is 78.6 Å². The molecule has 246 valence electrons. The maximum absolute atomic E-state index is 15.7. The molecule has 46 heavy (non-hydrogen) atoms. The number of ether oxygens (including phenoxy) is 4. The predicted molar refractivity (Wildman–Crippen MR) is 183 cm³/mol. The van der Waals surface area contributed by atoms with Gasteiger partial charge in [-0.25, -0.2) is 9.18 Å². The molecule has 0 radical (unpaired) electrons. The third-order valence-corrected chi connectivity index (χ3v) is 8.82. The second kappa shape index (κ2) is 17.0. The topological polar surface area (TPSA) is 54.0 Å². The molecule has 0 saturated carbocycles. The molecule has 1 aliphatic heterocycles. The number of rotatable bonds is 18. The average molecular weight is 629 g/mol. The van der Waals surface area contributed by atoms with E-state index in [4.69, 9.17) is 18.9 Å². The van der Waals surface area contributed by atoms with Crippen molar-refractivity contribution in [2.24, 2.45) is 5.41 Å². The molecular weight excluding hydrogens is 579 g/mol. The second-order valence-electron chi connectivity index (χ2n) is 12.5. The Labute approximate surface area is 274 Å². The minimum absolute atomic E-state index is 0.242. The molecule has 3 aromatic carbocycles. The van der Waals surface area contributed by atoms with E-state index in [-0.39, 0.29) is 19.0 Å². The fourth-order valence-electron chi connectivity index (χ4n) is 5.52. The van der Waals surface area contributed by atoms with Crippen LogP contribution in [0.3, 0.4) is 0 Å². The van der Waals surface area contributed by atoms with E-state index in [2.05, 4.69) is 44.3 Å². The zero-order chi connectivity index (χ0) is 32.9. The Bertz CT molecular complexity index is 1470. The number of carbonyl (C=O) groups excluding carboxylic acids is 1. The summed E-state index contributed by atoms with van der Waals surface area (Å²) < 4.78 is 38.1. The molecule has 5 nitrogen and oxygen atoms in total. The van der Waals surface area contributed by atoms with Crippen LogP contribution >= 0.6 is 0 Å². The molecular formula is C40H49FO5. The number of hydrogen-bond donors (Lipinski definition) is 0. The maximum Gasteiger partial charge on any atom is 0.508 e. The molecule has 3 aromatic rings. The summed E-state index contributed by atoms with van der Waals surface area (Å²) in [5, 5.41) is 0. The van der Waals surface area contributed by atoms with E-state index < -0.39 is 11.6 Å². The minimum Gasteiger partial charge on any atom is -0.494 e. The quantitative estimate of drug-likeness (QED) is 0.0607. The van der Waals surface area contributed by atoms with Gasteiger partial charge in [-0.15, -0.1) is 0 Å². The van der Waals surface area contributed by atoms with Crippen LogP contribution in [0.5, 0.6) is 5.75 Å². The molecule has 6 heteroatoms. The van der Waals surface area contributed by atoms with Gasteiger partial charge in [-0.3, -0.25) is 0 Å². The summed E-state index contributed by atoms with van der Waals surface area (Å²) in [5.41, 5.74) is 5.79. The molecule has 1 saturated heterocycles. The van der Waals surface area contributed by atoms with E-state index in [1.165, 1.54) is 37.7 Å². The number of cyclic esters (lactones) is 2. The average Bonchev–Trinajstić information content (AvgIpc) is 3.07. The lowest BCUT2D eigenvalue weighted by Gasteiger charge is -2.34. The highest BCUT2D eigenvalue weighted by Gasteiger charge is 2.37. The number of unbranched alkanes of at least 4 members (excludes halogenated alkanes) is 4. The maximum atomic E-state index is 15.7. The van der Waals surface area contributed by atoms with Crippen molar-refractivity contribution in [2.75, 3.05) is 26.4 Å². The van der Waals surface area contributed by atoms with Gasteiger partial charge in [0.25, 0.3) is 0 Å². The van der Waals surface area contributed by atoms with Crippen molar-refractivity contribution in [3.05, 3.63) is 102 Å². The molecule has 0 atom stereocenters. The van der Waals surface area contributed by atoms with Crippen molar-refractivity contribution in [1.82, 2.24) is 0 Å². The molecule has 4 rings (SSSR count). The summed E-state index contributed by atoms with van der Waals surface area (Å²) in [6.07, 6.45) is 8.84. The summed E-state index contributed by atoms with van der Waals surface area (Å²) in [6, 6.07) is 19.7. The van der Waals surface area contributed by atoms with Gasteiger partial charge in [0.05, 0.1) is 12.0 Å². The molecule has 0 aliphatic carbocycles. The van der Waals surface area contributed by atoms with Gasteiger partial charge in [0.1, 0.15) is 37.1 Å². The van der Waals surface area contributed by atoms with Gasteiger partial charge in [0.2, 0.25) is 0 Å². The highest BCUT2D eigenvalue weighted by atomic mass is 19.1. The van der Waals surface area contributed by atoms with Crippen molar-refractivity contribution in [3.63, 3.8) is 0 Å². The molecule has 0 aromatic heterocycles. The first-order valence-electron chi connectivity index (χ1n) is 16.7. The first kappa shape index (κ1) is 34.8. The van der Waals surface area contributed by atoms with Crippen molar-refractivity contribution in [1.29, 1.82) is 0 Å². The lowest BCUT2D eigenvalue weighted by Crippen LogP contribution is -2.43. The largest absolute Gasteiger partial charge is 0.508 e. The summed E-state index contributed by atoms with van der Waals surface area (Å²) >= 11 is 0. The first-order chi connectivity index (χ1) is 22.2. The molecule has 0 N–H and O–H groups in total.